The summed E-state index contributed by atoms with van der Waals surface area (Å²) >= 11 is 0. The molecule has 0 aromatic rings. The molecule has 25 heavy (non-hydrogen) atoms. The Kier molecular flexibility index (Phi) is 5.47. The molecule has 0 aromatic heterocycles. The van der Waals surface area contributed by atoms with Crippen LogP contribution in [0.1, 0.15) is 40.0 Å². The number of hydrogen-bond donors (Lipinski definition) is 2. The largest absolute Gasteiger partial charge is 0.341 e. The van der Waals surface area contributed by atoms with Crippen LogP contribution in [0.4, 0.5) is 4.39 Å². The third-order valence-corrected chi connectivity index (χ3v) is 7.06. The lowest BCUT2D eigenvalue weighted by molar-refractivity contribution is -0.136. The zero-order chi connectivity index (χ0) is 19.0. The first-order valence-corrected chi connectivity index (χ1v) is 10.0. The highest BCUT2D eigenvalue weighted by Gasteiger charge is 2.48. The van der Waals surface area contributed by atoms with E-state index in [0.29, 0.717) is 25.9 Å². The van der Waals surface area contributed by atoms with Gasteiger partial charge in [-0.05, 0) is 42.7 Å². The summed E-state index contributed by atoms with van der Waals surface area (Å²) in [6, 6.07) is -0.608. The zero-order valence-electron chi connectivity index (χ0n) is 15.0. The highest BCUT2D eigenvalue weighted by Crippen LogP contribution is 2.40. The number of primary sulfonamides is 1. The van der Waals surface area contributed by atoms with E-state index in [4.69, 9.17) is 10.9 Å². The minimum Gasteiger partial charge on any atom is -0.341 e. The number of allylic oxidation sites excluding steroid dienone is 3. The van der Waals surface area contributed by atoms with Crippen LogP contribution >= 0.6 is 0 Å². The molecule has 4 N–H and O–H groups in total. The van der Waals surface area contributed by atoms with Crippen LogP contribution in [-0.2, 0) is 14.8 Å². The van der Waals surface area contributed by atoms with Gasteiger partial charge in [0.2, 0.25) is 15.9 Å². The first-order chi connectivity index (χ1) is 11.4. The quantitative estimate of drug-likeness (QED) is 0.780. The Balaban J connectivity index is 2.13. The molecular formula is C17H28FN3O3S. The number of carbonyl (C=O) groups excluding carboxylic acids is 1. The first kappa shape index (κ1) is 20.1. The molecule has 0 bridgehead atoms. The molecule has 8 heteroatoms. The van der Waals surface area contributed by atoms with Crippen molar-refractivity contribution in [3.05, 3.63) is 24.1 Å². The van der Waals surface area contributed by atoms with E-state index >= 15 is 0 Å². The molecule has 0 spiro atoms. The summed E-state index contributed by atoms with van der Waals surface area (Å²) in [7, 11) is -3.91. The number of carbonyl (C=O) groups is 1. The van der Waals surface area contributed by atoms with Crippen molar-refractivity contribution in [3.8, 4) is 0 Å². The Labute approximate surface area is 149 Å². The average Bonchev–Trinajstić information content (AvgIpc) is 2.52. The average molecular weight is 373 g/mol. The molecule has 0 radical (unpaired) electrons. The number of nitrogens with zero attached hydrogens (tertiary/aromatic N) is 1. The van der Waals surface area contributed by atoms with Gasteiger partial charge >= 0.3 is 0 Å². The summed E-state index contributed by atoms with van der Waals surface area (Å²) < 4.78 is 36.5. The van der Waals surface area contributed by atoms with E-state index < -0.39 is 26.6 Å². The fourth-order valence-electron chi connectivity index (χ4n) is 3.52. The van der Waals surface area contributed by atoms with Crippen molar-refractivity contribution in [3.63, 3.8) is 0 Å². The molecule has 2 rings (SSSR count). The van der Waals surface area contributed by atoms with Crippen molar-refractivity contribution in [2.75, 3.05) is 13.1 Å². The second kappa shape index (κ2) is 6.81. The van der Waals surface area contributed by atoms with Gasteiger partial charge in [-0.2, -0.15) is 0 Å². The molecule has 2 aliphatic rings. The van der Waals surface area contributed by atoms with Crippen LogP contribution in [0.2, 0.25) is 0 Å². The van der Waals surface area contributed by atoms with Crippen molar-refractivity contribution in [1.82, 2.24) is 4.90 Å². The standard InChI is InChI=1S/C17H28FN3O3S/c1-16(2,3)14(19)15(22)21-10-6-12(7-11-21)17(25(20,23)24)8-4-13(18)5-9-17/h4-5,8,12,14H,6-7,9-11,19H2,1-3H3,(H2,20,23,24)/t14-,17?/m1/s1. The van der Waals surface area contributed by atoms with E-state index in [1.807, 2.05) is 20.8 Å². The van der Waals surface area contributed by atoms with Crippen molar-refractivity contribution in [2.24, 2.45) is 22.2 Å². The summed E-state index contributed by atoms with van der Waals surface area (Å²) in [6.07, 6.45) is 4.80. The number of likely N-dealkylation sites (tertiary alicyclic amines) is 1. The van der Waals surface area contributed by atoms with E-state index in [-0.39, 0.29) is 23.7 Å². The van der Waals surface area contributed by atoms with Gasteiger partial charge in [0.25, 0.3) is 0 Å². The number of piperidine rings is 1. The van der Waals surface area contributed by atoms with E-state index in [0.717, 1.165) is 0 Å². The summed E-state index contributed by atoms with van der Waals surface area (Å²) in [4.78, 5) is 14.2. The number of sulfonamides is 1. The molecule has 0 saturated carbocycles. The normalized spacial score (nSPS) is 27.1. The molecule has 1 heterocycles. The van der Waals surface area contributed by atoms with Crippen molar-refractivity contribution in [2.45, 2.75) is 50.8 Å². The number of nitrogens with two attached hydrogens (primary N) is 2. The molecule has 1 fully saturated rings. The molecule has 1 aliphatic heterocycles. The van der Waals surface area contributed by atoms with Gasteiger partial charge in [0.15, 0.2) is 0 Å². The zero-order valence-corrected chi connectivity index (χ0v) is 15.9. The Morgan fingerprint density at radius 1 is 1.36 bits per heavy atom. The van der Waals surface area contributed by atoms with Gasteiger partial charge in [0.1, 0.15) is 10.6 Å². The first-order valence-electron chi connectivity index (χ1n) is 8.50. The minimum atomic E-state index is -3.91. The van der Waals surface area contributed by atoms with Gasteiger partial charge in [-0.15, -0.1) is 0 Å². The van der Waals surface area contributed by atoms with E-state index in [1.165, 1.54) is 18.2 Å². The maximum Gasteiger partial charge on any atom is 0.240 e. The van der Waals surface area contributed by atoms with Crippen LogP contribution in [0, 0.1) is 11.3 Å². The van der Waals surface area contributed by atoms with Crippen LogP contribution in [0.15, 0.2) is 24.1 Å². The second-order valence-corrected chi connectivity index (χ2v) is 9.92. The van der Waals surface area contributed by atoms with Crippen LogP contribution in [0.5, 0.6) is 0 Å². The summed E-state index contributed by atoms with van der Waals surface area (Å²) in [6.45, 7) is 6.57. The highest BCUT2D eigenvalue weighted by molar-refractivity contribution is 7.90. The third kappa shape index (κ3) is 3.96. The predicted octanol–water partition coefficient (Wildman–Crippen LogP) is 1.44. The highest BCUT2D eigenvalue weighted by atomic mass is 32.2. The molecule has 2 atom stereocenters. The topological polar surface area (TPSA) is 106 Å². The van der Waals surface area contributed by atoms with Crippen LogP contribution < -0.4 is 10.9 Å². The Morgan fingerprint density at radius 3 is 2.32 bits per heavy atom. The number of hydrogen-bond acceptors (Lipinski definition) is 4. The molecular weight excluding hydrogens is 345 g/mol. The lowest BCUT2D eigenvalue weighted by atomic mass is 9.79. The van der Waals surface area contributed by atoms with Gasteiger partial charge in [0, 0.05) is 13.1 Å². The second-order valence-electron chi connectivity index (χ2n) is 8.07. The maximum absolute atomic E-state index is 13.3. The molecule has 0 aromatic carbocycles. The number of amides is 1. The van der Waals surface area contributed by atoms with Crippen molar-refractivity contribution in [1.29, 1.82) is 0 Å². The SMILES string of the molecule is CC(C)(C)[C@H](N)C(=O)N1CCC(C2(S(N)(=O)=O)C=CC(F)=CC2)CC1. The van der Waals surface area contributed by atoms with E-state index in [2.05, 4.69) is 0 Å². The molecule has 1 saturated heterocycles. The molecule has 142 valence electrons. The Bertz CT molecular complexity index is 688. The van der Waals surface area contributed by atoms with E-state index in [9.17, 15) is 17.6 Å². The summed E-state index contributed by atoms with van der Waals surface area (Å²) in [5.41, 5.74) is 5.70. The van der Waals surface area contributed by atoms with Gasteiger partial charge in [0.05, 0.1) is 6.04 Å². The van der Waals surface area contributed by atoms with Crippen molar-refractivity contribution >= 4 is 15.9 Å². The Hall–Kier alpha value is -1.25. The monoisotopic (exact) mass is 373 g/mol. The maximum atomic E-state index is 13.3. The molecule has 1 aliphatic carbocycles. The lowest BCUT2D eigenvalue weighted by Crippen LogP contribution is -2.56. The summed E-state index contributed by atoms with van der Waals surface area (Å²) in [5.74, 6) is -0.846. The molecule has 1 unspecified atom stereocenters. The fraction of sp³-hybridized carbons (Fsp3) is 0.706. The minimum absolute atomic E-state index is 0.0221. The fourth-order valence-corrected chi connectivity index (χ4v) is 4.79. The molecule has 6 nitrogen and oxygen atoms in total. The smallest absolute Gasteiger partial charge is 0.240 e. The Morgan fingerprint density at radius 2 is 1.92 bits per heavy atom. The number of rotatable bonds is 3. The van der Waals surface area contributed by atoms with Gasteiger partial charge in [-0.3, -0.25) is 4.79 Å². The van der Waals surface area contributed by atoms with Crippen LogP contribution in [0.3, 0.4) is 0 Å². The number of halogens is 1. The van der Waals surface area contributed by atoms with Crippen LogP contribution in [0.25, 0.3) is 0 Å². The molecule has 1 amide bonds. The van der Waals surface area contributed by atoms with Crippen molar-refractivity contribution < 1.29 is 17.6 Å². The van der Waals surface area contributed by atoms with Gasteiger partial charge in [-0.25, -0.2) is 17.9 Å². The summed E-state index contributed by atoms with van der Waals surface area (Å²) in [5, 5.41) is 5.49. The third-order valence-electron chi connectivity index (χ3n) is 5.37. The predicted molar refractivity (Wildman–Crippen MR) is 95.5 cm³/mol. The van der Waals surface area contributed by atoms with Gasteiger partial charge in [-0.1, -0.05) is 26.8 Å². The van der Waals surface area contributed by atoms with E-state index in [1.54, 1.807) is 4.90 Å². The van der Waals surface area contributed by atoms with Gasteiger partial charge < -0.3 is 10.6 Å². The lowest BCUT2D eigenvalue weighted by Gasteiger charge is -2.43. The van der Waals surface area contributed by atoms with Crippen LogP contribution in [-0.4, -0.2) is 43.1 Å².